The van der Waals surface area contributed by atoms with Crippen LogP contribution in [0, 0.1) is 19.7 Å². The molecule has 2 rings (SSSR count). The first-order valence-corrected chi connectivity index (χ1v) is 6.85. The van der Waals surface area contributed by atoms with Crippen LogP contribution in [0.2, 0.25) is 5.02 Å². The second kappa shape index (κ2) is 6.14. The Balaban J connectivity index is 2.13. The fraction of sp³-hybridized carbons (Fsp3) is 0.188. The van der Waals surface area contributed by atoms with Crippen LogP contribution < -0.4 is 11.1 Å². The molecule has 3 nitrogen and oxygen atoms in total. The largest absolute Gasteiger partial charge is 0.399 e. The maximum atomic E-state index is 13.6. The Morgan fingerprint density at radius 2 is 1.86 bits per heavy atom. The number of amides is 1. The van der Waals surface area contributed by atoms with Gasteiger partial charge < -0.3 is 11.1 Å². The van der Waals surface area contributed by atoms with Gasteiger partial charge in [0, 0.05) is 12.2 Å². The predicted molar refractivity (Wildman–Crippen MR) is 82.9 cm³/mol. The number of carbonyl (C=O) groups excluding carboxylic acids is 1. The number of carbonyl (C=O) groups is 1. The maximum absolute atomic E-state index is 13.6. The van der Waals surface area contributed by atoms with E-state index in [1.54, 1.807) is 38.1 Å². The molecule has 0 unspecified atom stereocenters. The SMILES string of the molecule is Cc1cc(CNC(=O)c2cc(N)ccc2Cl)cc(C)c1F. The molecule has 0 radical (unpaired) electrons. The van der Waals surface area contributed by atoms with Gasteiger partial charge in [-0.15, -0.1) is 0 Å². The highest BCUT2D eigenvalue weighted by molar-refractivity contribution is 6.34. The molecule has 110 valence electrons. The lowest BCUT2D eigenvalue weighted by Crippen LogP contribution is -2.23. The highest BCUT2D eigenvalue weighted by Gasteiger charge is 2.11. The molecule has 0 bridgehead atoms. The van der Waals surface area contributed by atoms with E-state index in [0.29, 0.717) is 33.9 Å². The first kappa shape index (κ1) is 15.3. The number of halogens is 2. The van der Waals surface area contributed by atoms with Gasteiger partial charge in [0.2, 0.25) is 0 Å². The Morgan fingerprint density at radius 1 is 1.24 bits per heavy atom. The third kappa shape index (κ3) is 3.52. The summed E-state index contributed by atoms with van der Waals surface area (Å²) in [5.74, 6) is -0.532. The highest BCUT2D eigenvalue weighted by atomic mass is 35.5. The zero-order valence-electron chi connectivity index (χ0n) is 11.8. The topological polar surface area (TPSA) is 55.1 Å². The molecule has 0 spiro atoms. The summed E-state index contributed by atoms with van der Waals surface area (Å²) in [7, 11) is 0. The first-order chi connectivity index (χ1) is 9.88. The summed E-state index contributed by atoms with van der Waals surface area (Å²) in [6.07, 6.45) is 0. The standard InChI is InChI=1S/C16H16ClFN2O/c1-9-5-11(6-10(2)15(9)18)8-20-16(21)13-7-12(19)3-4-14(13)17/h3-7H,8,19H2,1-2H3,(H,20,21). The van der Waals surface area contributed by atoms with Crippen molar-refractivity contribution in [1.29, 1.82) is 0 Å². The summed E-state index contributed by atoms with van der Waals surface area (Å²) in [5, 5.41) is 3.10. The average molecular weight is 307 g/mol. The van der Waals surface area contributed by atoms with E-state index in [9.17, 15) is 9.18 Å². The van der Waals surface area contributed by atoms with E-state index in [-0.39, 0.29) is 11.7 Å². The second-order valence-electron chi connectivity index (χ2n) is 4.97. The predicted octanol–water partition coefficient (Wildman–Crippen LogP) is 3.61. The van der Waals surface area contributed by atoms with E-state index in [4.69, 9.17) is 17.3 Å². The fourth-order valence-corrected chi connectivity index (χ4v) is 2.34. The summed E-state index contributed by atoms with van der Waals surface area (Å²) >= 11 is 5.98. The third-order valence-electron chi connectivity index (χ3n) is 3.18. The highest BCUT2D eigenvalue weighted by Crippen LogP contribution is 2.19. The summed E-state index contributed by atoms with van der Waals surface area (Å²) < 4.78 is 13.6. The van der Waals surface area contributed by atoms with Crippen molar-refractivity contribution in [3.05, 3.63) is 63.4 Å². The van der Waals surface area contributed by atoms with Crippen molar-refractivity contribution in [3.8, 4) is 0 Å². The normalized spacial score (nSPS) is 10.5. The van der Waals surface area contributed by atoms with Gasteiger partial charge in [0.15, 0.2) is 0 Å². The lowest BCUT2D eigenvalue weighted by atomic mass is 10.1. The molecule has 0 fully saturated rings. The Hall–Kier alpha value is -2.07. The molecular weight excluding hydrogens is 291 g/mol. The number of hydrogen-bond donors (Lipinski definition) is 2. The molecule has 5 heteroatoms. The number of nitrogen functional groups attached to an aromatic ring is 1. The summed E-state index contributed by atoms with van der Waals surface area (Å²) in [5.41, 5.74) is 8.39. The summed E-state index contributed by atoms with van der Waals surface area (Å²) in [4.78, 5) is 12.1. The van der Waals surface area contributed by atoms with Crippen molar-refractivity contribution in [2.75, 3.05) is 5.73 Å². The fourth-order valence-electron chi connectivity index (χ4n) is 2.13. The van der Waals surface area contributed by atoms with E-state index < -0.39 is 0 Å². The van der Waals surface area contributed by atoms with E-state index in [1.807, 2.05) is 0 Å². The average Bonchev–Trinajstić information content (AvgIpc) is 2.44. The monoisotopic (exact) mass is 306 g/mol. The van der Waals surface area contributed by atoms with Crippen molar-refractivity contribution < 1.29 is 9.18 Å². The molecule has 2 aromatic carbocycles. The van der Waals surface area contributed by atoms with Gasteiger partial charge in [0.05, 0.1) is 10.6 Å². The summed E-state index contributed by atoms with van der Waals surface area (Å²) in [6.45, 7) is 3.69. The van der Waals surface area contributed by atoms with Gasteiger partial charge in [-0.1, -0.05) is 23.7 Å². The van der Waals surface area contributed by atoms with E-state index in [2.05, 4.69) is 5.32 Å². The van der Waals surface area contributed by atoms with Crippen LogP contribution in [-0.2, 0) is 6.54 Å². The molecule has 1 amide bonds. The van der Waals surface area contributed by atoms with Gasteiger partial charge >= 0.3 is 0 Å². The van der Waals surface area contributed by atoms with Crippen molar-refractivity contribution in [2.45, 2.75) is 20.4 Å². The van der Waals surface area contributed by atoms with Crippen LogP contribution in [0.25, 0.3) is 0 Å². The molecule has 0 aliphatic rings. The van der Waals surface area contributed by atoms with E-state index in [1.165, 1.54) is 6.07 Å². The van der Waals surface area contributed by atoms with Gasteiger partial charge in [-0.25, -0.2) is 4.39 Å². The Kier molecular flexibility index (Phi) is 4.48. The molecule has 3 N–H and O–H groups in total. The number of nitrogens with one attached hydrogen (secondary N) is 1. The minimum atomic E-state index is -0.313. The number of anilines is 1. The summed E-state index contributed by atoms with van der Waals surface area (Å²) in [6, 6.07) is 8.16. The van der Waals surface area contributed by atoms with Crippen LogP contribution in [0.3, 0.4) is 0 Å². The van der Waals surface area contributed by atoms with Gasteiger partial charge in [-0.3, -0.25) is 4.79 Å². The number of hydrogen-bond acceptors (Lipinski definition) is 2. The lowest BCUT2D eigenvalue weighted by Gasteiger charge is -2.10. The number of rotatable bonds is 3. The van der Waals surface area contributed by atoms with E-state index in [0.717, 1.165) is 5.56 Å². The van der Waals surface area contributed by atoms with Crippen LogP contribution in [0.1, 0.15) is 27.0 Å². The van der Waals surface area contributed by atoms with Gasteiger partial charge in [0.25, 0.3) is 5.91 Å². The van der Waals surface area contributed by atoms with Gasteiger partial charge in [-0.05, 0) is 48.7 Å². The lowest BCUT2D eigenvalue weighted by molar-refractivity contribution is 0.0951. The minimum absolute atomic E-state index is 0.219. The Bertz CT molecular complexity index is 678. The molecule has 0 aliphatic carbocycles. The maximum Gasteiger partial charge on any atom is 0.253 e. The quantitative estimate of drug-likeness (QED) is 0.851. The van der Waals surface area contributed by atoms with Crippen molar-refractivity contribution in [2.24, 2.45) is 0 Å². The molecule has 21 heavy (non-hydrogen) atoms. The molecule has 0 aliphatic heterocycles. The number of benzene rings is 2. The van der Waals surface area contributed by atoms with Crippen LogP contribution in [0.15, 0.2) is 30.3 Å². The van der Waals surface area contributed by atoms with E-state index >= 15 is 0 Å². The van der Waals surface area contributed by atoms with Gasteiger partial charge in [-0.2, -0.15) is 0 Å². The Morgan fingerprint density at radius 3 is 2.48 bits per heavy atom. The molecule has 0 heterocycles. The second-order valence-corrected chi connectivity index (χ2v) is 5.37. The molecule has 0 aromatic heterocycles. The molecule has 0 saturated carbocycles. The molecule has 0 saturated heterocycles. The number of aryl methyl sites for hydroxylation is 2. The minimum Gasteiger partial charge on any atom is -0.399 e. The van der Waals surface area contributed by atoms with Crippen LogP contribution >= 0.6 is 11.6 Å². The molecule has 0 atom stereocenters. The molecule has 2 aromatic rings. The van der Waals surface area contributed by atoms with Crippen molar-refractivity contribution >= 4 is 23.2 Å². The Labute approximate surface area is 127 Å². The van der Waals surface area contributed by atoms with Crippen molar-refractivity contribution in [1.82, 2.24) is 5.32 Å². The molecular formula is C16H16ClFN2O. The number of nitrogens with two attached hydrogens (primary N) is 1. The van der Waals surface area contributed by atoms with Crippen LogP contribution in [-0.4, -0.2) is 5.91 Å². The third-order valence-corrected chi connectivity index (χ3v) is 3.51. The first-order valence-electron chi connectivity index (χ1n) is 6.47. The zero-order valence-corrected chi connectivity index (χ0v) is 12.6. The van der Waals surface area contributed by atoms with Crippen LogP contribution in [0.5, 0.6) is 0 Å². The zero-order chi connectivity index (χ0) is 15.6. The van der Waals surface area contributed by atoms with Crippen molar-refractivity contribution in [3.63, 3.8) is 0 Å². The van der Waals surface area contributed by atoms with Gasteiger partial charge in [0.1, 0.15) is 5.82 Å². The van der Waals surface area contributed by atoms with Crippen LogP contribution in [0.4, 0.5) is 10.1 Å². The smallest absolute Gasteiger partial charge is 0.253 e.